The Bertz CT molecular complexity index is 355. The predicted molar refractivity (Wildman–Crippen MR) is 67.2 cm³/mol. The smallest absolute Gasteiger partial charge is 0.124 e. The van der Waals surface area contributed by atoms with Crippen LogP contribution in [0.1, 0.15) is 25.5 Å². The largest absolute Gasteiger partial charge is 0.508 e. The molecule has 17 heavy (non-hydrogen) atoms. The van der Waals surface area contributed by atoms with Gasteiger partial charge in [-0.1, -0.05) is 13.0 Å². The van der Waals surface area contributed by atoms with Gasteiger partial charge >= 0.3 is 0 Å². The van der Waals surface area contributed by atoms with Gasteiger partial charge in [-0.2, -0.15) is 0 Å². The van der Waals surface area contributed by atoms with E-state index in [4.69, 9.17) is 4.74 Å². The molecule has 0 heterocycles. The Balaban J connectivity index is 2.54. The summed E-state index contributed by atoms with van der Waals surface area (Å²) >= 11 is 0. The van der Waals surface area contributed by atoms with Gasteiger partial charge in [-0.25, -0.2) is 0 Å². The summed E-state index contributed by atoms with van der Waals surface area (Å²) < 4.78 is 5.06. The van der Waals surface area contributed by atoms with Crippen molar-refractivity contribution in [1.82, 2.24) is 5.32 Å². The van der Waals surface area contributed by atoms with E-state index in [0.29, 0.717) is 12.5 Å². The fourth-order valence-electron chi connectivity index (χ4n) is 1.73. The minimum atomic E-state index is 0.0370. The first kappa shape index (κ1) is 13.8. The highest BCUT2D eigenvalue weighted by Crippen LogP contribution is 2.27. The van der Waals surface area contributed by atoms with E-state index >= 15 is 0 Å². The highest BCUT2D eigenvalue weighted by molar-refractivity contribution is 5.40. The van der Waals surface area contributed by atoms with E-state index in [-0.39, 0.29) is 17.5 Å². The zero-order valence-corrected chi connectivity index (χ0v) is 10.6. The SMILES string of the molecule is COCC(C)CNC(C)c1ccc(O)cc1O. The number of ether oxygens (including phenoxy) is 1. The Morgan fingerprint density at radius 1 is 1.29 bits per heavy atom. The number of benzene rings is 1. The summed E-state index contributed by atoms with van der Waals surface area (Å²) in [5.74, 6) is 0.609. The number of rotatable bonds is 6. The average Bonchev–Trinajstić information content (AvgIpc) is 2.26. The van der Waals surface area contributed by atoms with Crippen LogP contribution in [-0.4, -0.2) is 30.5 Å². The van der Waals surface area contributed by atoms with Gasteiger partial charge in [-0.3, -0.25) is 0 Å². The van der Waals surface area contributed by atoms with Crippen LogP contribution in [0.5, 0.6) is 11.5 Å². The molecule has 96 valence electrons. The van der Waals surface area contributed by atoms with Crippen molar-refractivity contribution in [3.63, 3.8) is 0 Å². The number of hydrogen-bond acceptors (Lipinski definition) is 4. The first-order valence-corrected chi connectivity index (χ1v) is 5.78. The zero-order chi connectivity index (χ0) is 12.8. The molecule has 4 heteroatoms. The molecule has 0 aliphatic heterocycles. The van der Waals surface area contributed by atoms with E-state index in [2.05, 4.69) is 12.2 Å². The molecular formula is C13H21NO3. The summed E-state index contributed by atoms with van der Waals surface area (Å²) in [7, 11) is 1.69. The summed E-state index contributed by atoms with van der Waals surface area (Å²) in [5.41, 5.74) is 0.785. The fourth-order valence-corrected chi connectivity index (χ4v) is 1.73. The third-order valence-electron chi connectivity index (χ3n) is 2.70. The number of aromatic hydroxyl groups is 2. The van der Waals surface area contributed by atoms with Gasteiger partial charge in [0.1, 0.15) is 11.5 Å². The third-order valence-corrected chi connectivity index (χ3v) is 2.70. The number of nitrogens with one attached hydrogen (secondary N) is 1. The van der Waals surface area contributed by atoms with Gasteiger partial charge in [0.15, 0.2) is 0 Å². The molecule has 2 unspecified atom stereocenters. The Kier molecular flexibility index (Phi) is 5.25. The van der Waals surface area contributed by atoms with Crippen LogP contribution >= 0.6 is 0 Å². The maximum Gasteiger partial charge on any atom is 0.124 e. The van der Waals surface area contributed by atoms with Gasteiger partial charge in [0.2, 0.25) is 0 Å². The van der Waals surface area contributed by atoms with Crippen molar-refractivity contribution >= 4 is 0 Å². The lowest BCUT2D eigenvalue weighted by atomic mass is 10.1. The standard InChI is InChI=1S/C13H21NO3/c1-9(8-17-3)7-14-10(2)12-5-4-11(15)6-13(12)16/h4-6,9-10,14-16H,7-8H2,1-3H3. The molecule has 0 aromatic heterocycles. The second kappa shape index (κ2) is 6.47. The number of phenolic OH excluding ortho intramolecular Hbond substituents is 2. The summed E-state index contributed by atoms with van der Waals surface area (Å²) in [6.07, 6.45) is 0. The van der Waals surface area contributed by atoms with Gasteiger partial charge < -0.3 is 20.3 Å². The minimum absolute atomic E-state index is 0.0370. The summed E-state index contributed by atoms with van der Waals surface area (Å²) in [6.45, 7) is 5.60. The Labute approximate surface area is 102 Å². The Morgan fingerprint density at radius 3 is 2.59 bits per heavy atom. The van der Waals surface area contributed by atoms with E-state index in [1.807, 2.05) is 6.92 Å². The summed E-state index contributed by atoms with van der Waals surface area (Å²) in [4.78, 5) is 0. The molecule has 0 spiro atoms. The number of phenols is 2. The highest BCUT2D eigenvalue weighted by atomic mass is 16.5. The minimum Gasteiger partial charge on any atom is -0.508 e. The van der Waals surface area contributed by atoms with Crippen LogP contribution in [0.2, 0.25) is 0 Å². The molecular weight excluding hydrogens is 218 g/mol. The number of methoxy groups -OCH3 is 1. The van der Waals surface area contributed by atoms with E-state index < -0.39 is 0 Å². The molecule has 0 fully saturated rings. The molecule has 0 saturated heterocycles. The Morgan fingerprint density at radius 2 is 2.00 bits per heavy atom. The lowest BCUT2D eigenvalue weighted by molar-refractivity contribution is 0.157. The quantitative estimate of drug-likeness (QED) is 0.711. The molecule has 2 atom stereocenters. The van der Waals surface area contributed by atoms with Crippen molar-refractivity contribution in [2.75, 3.05) is 20.3 Å². The van der Waals surface area contributed by atoms with E-state index in [1.54, 1.807) is 19.2 Å². The molecule has 0 amide bonds. The van der Waals surface area contributed by atoms with E-state index in [0.717, 1.165) is 12.1 Å². The average molecular weight is 239 g/mol. The monoisotopic (exact) mass is 239 g/mol. The molecule has 1 aromatic carbocycles. The molecule has 0 aliphatic carbocycles. The molecule has 0 bridgehead atoms. The lowest BCUT2D eigenvalue weighted by Crippen LogP contribution is -2.26. The van der Waals surface area contributed by atoms with Crippen LogP contribution in [0.15, 0.2) is 18.2 Å². The van der Waals surface area contributed by atoms with Crippen molar-refractivity contribution in [2.24, 2.45) is 5.92 Å². The van der Waals surface area contributed by atoms with Crippen molar-refractivity contribution in [3.05, 3.63) is 23.8 Å². The molecule has 0 aliphatic rings. The summed E-state index contributed by atoms with van der Waals surface area (Å²) in [6, 6.07) is 4.69. The lowest BCUT2D eigenvalue weighted by Gasteiger charge is -2.18. The zero-order valence-electron chi connectivity index (χ0n) is 10.6. The van der Waals surface area contributed by atoms with Crippen LogP contribution in [0, 0.1) is 5.92 Å². The van der Waals surface area contributed by atoms with Gasteiger partial charge in [0.25, 0.3) is 0 Å². The normalized spacial score (nSPS) is 14.5. The van der Waals surface area contributed by atoms with Crippen molar-refractivity contribution < 1.29 is 14.9 Å². The highest BCUT2D eigenvalue weighted by Gasteiger charge is 2.11. The van der Waals surface area contributed by atoms with Gasteiger partial charge in [-0.15, -0.1) is 0 Å². The Hall–Kier alpha value is -1.26. The van der Waals surface area contributed by atoms with Crippen molar-refractivity contribution in [2.45, 2.75) is 19.9 Å². The van der Waals surface area contributed by atoms with Gasteiger partial charge in [0, 0.05) is 37.9 Å². The van der Waals surface area contributed by atoms with Crippen molar-refractivity contribution in [3.8, 4) is 11.5 Å². The molecule has 0 saturated carbocycles. The van der Waals surface area contributed by atoms with Crippen LogP contribution in [0.25, 0.3) is 0 Å². The van der Waals surface area contributed by atoms with Gasteiger partial charge in [0.05, 0.1) is 0 Å². The topological polar surface area (TPSA) is 61.7 Å². The third kappa shape index (κ3) is 4.24. The molecule has 4 nitrogen and oxygen atoms in total. The maximum absolute atomic E-state index is 9.71. The van der Waals surface area contributed by atoms with Crippen LogP contribution < -0.4 is 5.32 Å². The number of hydrogen-bond donors (Lipinski definition) is 3. The fraction of sp³-hybridized carbons (Fsp3) is 0.538. The predicted octanol–water partition coefficient (Wildman–Crippen LogP) is 2.03. The molecule has 3 N–H and O–H groups in total. The van der Waals surface area contributed by atoms with E-state index in [1.165, 1.54) is 6.07 Å². The second-order valence-corrected chi connectivity index (χ2v) is 4.43. The van der Waals surface area contributed by atoms with Crippen LogP contribution in [0.4, 0.5) is 0 Å². The van der Waals surface area contributed by atoms with E-state index in [9.17, 15) is 10.2 Å². The van der Waals surface area contributed by atoms with Gasteiger partial charge in [-0.05, 0) is 18.9 Å². The molecule has 0 radical (unpaired) electrons. The van der Waals surface area contributed by atoms with Crippen molar-refractivity contribution in [1.29, 1.82) is 0 Å². The molecule has 1 aromatic rings. The maximum atomic E-state index is 9.71. The molecule has 1 rings (SSSR count). The first-order chi connectivity index (χ1) is 8.04. The van der Waals surface area contributed by atoms with Crippen LogP contribution in [0.3, 0.4) is 0 Å². The first-order valence-electron chi connectivity index (χ1n) is 5.78. The summed E-state index contributed by atoms with van der Waals surface area (Å²) in [5, 5.41) is 22.2. The van der Waals surface area contributed by atoms with Crippen LogP contribution in [-0.2, 0) is 4.74 Å². The second-order valence-electron chi connectivity index (χ2n) is 4.43.